The molecule has 3 nitrogen and oxygen atoms in total. The van der Waals surface area contributed by atoms with Crippen molar-refractivity contribution >= 4 is 0 Å². The van der Waals surface area contributed by atoms with Crippen LogP contribution in [0.25, 0.3) is 0 Å². The first-order chi connectivity index (χ1) is 11.4. The SMILES string of the molecule is c1ccc(CCNCc2ccc(CN3CCOCC3)cc2)cc1. The monoisotopic (exact) mass is 310 g/mol. The Morgan fingerprint density at radius 2 is 1.52 bits per heavy atom. The molecule has 0 amide bonds. The van der Waals surface area contributed by atoms with E-state index in [1.54, 1.807) is 0 Å². The lowest BCUT2D eigenvalue weighted by Crippen LogP contribution is -2.35. The van der Waals surface area contributed by atoms with Crippen LogP contribution >= 0.6 is 0 Å². The first-order valence-corrected chi connectivity index (χ1v) is 8.53. The highest BCUT2D eigenvalue weighted by Crippen LogP contribution is 2.09. The summed E-state index contributed by atoms with van der Waals surface area (Å²) in [5.41, 5.74) is 4.13. The van der Waals surface area contributed by atoms with Crippen LogP contribution in [-0.4, -0.2) is 37.7 Å². The second kappa shape index (κ2) is 8.82. The van der Waals surface area contributed by atoms with Gasteiger partial charge in [0, 0.05) is 26.2 Å². The van der Waals surface area contributed by atoms with Gasteiger partial charge in [-0.25, -0.2) is 0 Å². The van der Waals surface area contributed by atoms with Crippen LogP contribution in [0.4, 0.5) is 0 Å². The molecule has 0 saturated carbocycles. The zero-order valence-corrected chi connectivity index (χ0v) is 13.7. The van der Waals surface area contributed by atoms with Crippen LogP contribution in [0.1, 0.15) is 16.7 Å². The van der Waals surface area contributed by atoms with E-state index in [1.165, 1.54) is 16.7 Å². The zero-order chi connectivity index (χ0) is 15.7. The van der Waals surface area contributed by atoms with E-state index in [9.17, 15) is 0 Å². The number of rotatable bonds is 7. The molecule has 2 aromatic rings. The fourth-order valence-electron chi connectivity index (χ4n) is 2.89. The molecule has 3 rings (SSSR count). The predicted octanol–water partition coefficient (Wildman–Crippen LogP) is 2.85. The van der Waals surface area contributed by atoms with Crippen LogP contribution in [0.15, 0.2) is 54.6 Å². The number of nitrogens with zero attached hydrogens (tertiary/aromatic N) is 1. The molecule has 1 aliphatic rings. The number of nitrogens with one attached hydrogen (secondary N) is 1. The average Bonchev–Trinajstić information content (AvgIpc) is 2.62. The van der Waals surface area contributed by atoms with Crippen LogP contribution in [0.3, 0.4) is 0 Å². The summed E-state index contributed by atoms with van der Waals surface area (Å²) >= 11 is 0. The normalized spacial score (nSPS) is 15.7. The largest absolute Gasteiger partial charge is 0.379 e. The molecule has 1 heterocycles. The predicted molar refractivity (Wildman–Crippen MR) is 94.4 cm³/mol. The van der Waals surface area contributed by atoms with Crippen molar-refractivity contribution in [3.05, 3.63) is 71.3 Å². The Labute approximate surface area is 139 Å². The van der Waals surface area contributed by atoms with Crippen LogP contribution in [-0.2, 0) is 24.2 Å². The summed E-state index contributed by atoms with van der Waals surface area (Å²) in [6.45, 7) is 6.80. The average molecular weight is 310 g/mol. The van der Waals surface area contributed by atoms with Gasteiger partial charge in [0.25, 0.3) is 0 Å². The summed E-state index contributed by atoms with van der Waals surface area (Å²) in [5, 5.41) is 3.52. The van der Waals surface area contributed by atoms with E-state index in [0.29, 0.717) is 0 Å². The highest BCUT2D eigenvalue weighted by molar-refractivity contribution is 5.22. The van der Waals surface area contributed by atoms with E-state index < -0.39 is 0 Å². The Morgan fingerprint density at radius 1 is 0.826 bits per heavy atom. The van der Waals surface area contributed by atoms with E-state index in [1.807, 2.05) is 0 Å². The molecule has 0 aromatic heterocycles. The van der Waals surface area contributed by atoms with Gasteiger partial charge in [-0.05, 0) is 29.7 Å². The number of hydrogen-bond donors (Lipinski definition) is 1. The van der Waals surface area contributed by atoms with E-state index in [-0.39, 0.29) is 0 Å². The molecule has 3 heteroatoms. The lowest BCUT2D eigenvalue weighted by molar-refractivity contribution is 0.0342. The molecule has 1 fully saturated rings. The summed E-state index contributed by atoms with van der Waals surface area (Å²) in [5.74, 6) is 0. The van der Waals surface area contributed by atoms with Gasteiger partial charge in [-0.2, -0.15) is 0 Å². The van der Waals surface area contributed by atoms with E-state index in [4.69, 9.17) is 4.74 Å². The smallest absolute Gasteiger partial charge is 0.0594 e. The van der Waals surface area contributed by atoms with Crippen LogP contribution < -0.4 is 5.32 Å². The molecule has 122 valence electrons. The molecule has 1 aliphatic heterocycles. The standard InChI is InChI=1S/C20H26N2O/c1-2-4-18(5-3-1)10-11-21-16-19-6-8-20(9-7-19)17-22-12-14-23-15-13-22/h1-9,21H,10-17H2. The lowest BCUT2D eigenvalue weighted by atomic mass is 10.1. The molecule has 0 radical (unpaired) electrons. The minimum absolute atomic E-state index is 0.865. The Balaban J connectivity index is 1.39. The zero-order valence-electron chi connectivity index (χ0n) is 13.7. The molecule has 1 N–H and O–H groups in total. The van der Waals surface area contributed by atoms with Crippen LogP contribution in [0.5, 0.6) is 0 Å². The maximum Gasteiger partial charge on any atom is 0.0594 e. The van der Waals surface area contributed by atoms with Crippen molar-refractivity contribution in [3.8, 4) is 0 Å². The molecule has 1 saturated heterocycles. The highest BCUT2D eigenvalue weighted by atomic mass is 16.5. The van der Waals surface area contributed by atoms with Gasteiger partial charge in [-0.3, -0.25) is 4.90 Å². The molecule has 0 atom stereocenters. The third-order valence-corrected chi connectivity index (χ3v) is 4.30. The summed E-state index contributed by atoms with van der Waals surface area (Å²) < 4.78 is 5.39. The van der Waals surface area contributed by atoms with Gasteiger partial charge in [0.05, 0.1) is 13.2 Å². The molecular formula is C20H26N2O. The number of ether oxygens (including phenoxy) is 1. The van der Waals surface area contributed by atoms with E-state index >= 15 is 0 Å². The van der Waals surface area contributed by atoms with Gasteiger partial charge in [0.15, 0.2) is 0 Å². The molecule has 2 aromatic carbocycles. The van der Waals surface area contributed by atoms with Gasteiger partial charge < -0.3 is 10.1 Å². The second-order valence-corrected chi connectivity index (χ2v) is 6.12. The third-order valence-electron chi connectivity index (χ3n) is 4.30. The summed E-state index contributed by atoms with van der Waals surface area (Å²) in [7, 11) is 0. The maximum absolute atomic E-state index is 5.39. The summed E-state index contributed by atoms with van der Waals surface area (Å²) in [4.78, 5) is 2.45. The van der Waals surface area contributed by atoms with Crippen molar-refractivity contribution in [3.63, 3.8) is 0 Å². The summed E-state index contributed by atoms with van der Waals surface area (Å²) in [6, 6.07) is 19.6. The minimum Gasteiger partial charge on any atom is -0.379 e. The molecule has 0 unspecified atom stereocenters. The highest BCUT2D eigenvalue weighted by Gasteiger charge is 2.10. The van der Waals surface area contributed by atoms with Crippen molar-refractivity contribution in [1.29, 1.82) is 0 Å². The van der Waals surface area contributed by atoms with Crippen molar-refractivity contribution < 1.29 is 4.74 Å². The van der Waals surface area contributed by atoms with E-state index in [2.05, 4.69) is 64.8 Å². The Morgan fingerprint density at radius 3 is 2.26 bits per heavy atom. The van der Waals surface area contributed by atoms with E-state index in [0.717, 1.165) is 52.4 Å². The Bertz CT molecular complexity index is 562. The number of benzene rings is 2. The molecule has 0 aliphatic carbocycles. The van der Waals surface area contributed by atoms with Crippen LogP contribution in [0.2, 0.25) is 0 Å². The third kappa shape index (κ3) is 5.47. The van der Waals surface area contributed by atoms with Crippen molar-refractivity contribution in [2.45, 2.75) is 19.5 Å². The van der Waals surface area contributed by atoms with Gasteiger partial charge in [0.2, 0.25) is 0 Å². The van der Waals surface area contributed by atoms with Crippen molar-refractivity contribution in [1.82, 2.24) is 10.2 Å². The van der Waals surface area contributed by atoms with Crippen LogP contribution in [0, 0.1) is 0 Å². The fraction of sp³-hybridized carbons (Fsp3) is 0.400. The quantitative estimate of drug-likeness (QED) is 0.796. The van der Waals surface area contributed by atoms with Gasteiger partial charge >= 0.3 is 0 Å². The number of hydrogen-bond acceptors (Lipinski definition) is 3. The molecular weight excluding hydrogens is 284 g/mol. The summed E-state index contributed by atoms with van der Waals surface area (Å²) in [6.07, 6.45) is 1.08. The molecule has 0 spiro atoms. The van der Waals surface area contributed by atoms with Gasteiger partial charge in [0.1, 0.15) is 0 Å². The van der Waals surface area contributed by atoms with Crippen molar-refractivity contribution in [2.75, 3.05) is 32.8 Å². The fourth-order valence-corrected chi connectivity index (χ4v) is 2.89. The molecule has 23 heavy (non-hydrogen) atoms. The minimum atomic E-state index is 0.865. The first kappa shape index (κ1) is 16.2. The Kier molecular flexibility index (Phi) is 6.21. The van der Waals surface area contributed by atoms with Gasteiger partial charge in [-0.1, -0.05) is 54.6 Å². The number of morpholine rings is 1. The second-order valence-electron chi connectivity index (χ2n) is 6.12. The maximum atomic E-state index is 5.39. The molecule has 0 bridgehead atoms. The lowest BCUT2D eigenvalue weighted by Gasteiger charge is -2.26. The topological polar surface area (TPSA) is 24.5 Å². The Hall–Kier alpha value is -1.68. The van der Waals surface area contributed by atoms with Crippen molar-refractivity contribution in [2.24, 2.45) is 0 Å². The first-order valence-electron chi connectivity index (χ1n) is 8.53. The van der Waals surface area contributed by atoms with Gasteiger partial charge in [-0.15, -0.1) is 0 Å².